The summed E-state index contributed by atoms with van der Waals surface area (Å²) < 4.78 is 0. The SMILES string of the molecule is Clc1nc(Cl)c2cccc(Cl)c2c1Cl. The molecule has 0 amide bonds. The number of fused-ring (bicyclic) bond motifs is 1. The van der Waals surface area contributed by atoms with Gasteiger partial charge in [0, 0.05) is 10.8 Å². The summed E-state index contributed by atoms with van der Waals surface area (Å²) in [6.45, 7) is 0. The molecule has 0 aliphatic rings. The van der Waals surface area contributed by atoms with Crippen LogP contribution in [0.4, 0.5) is 0 Å². The summed E-state index contributed by atoms with van der Waals surface area (Å²) in [7, 11) is 0. The van der Waals surface area contributed by atoms with Gasteiger partial charge in [0.1, 0.15) is 10.3 Å². The zero-order chi connectivity index (χ0) is 10.3. The molecule has 0 saturated heterocycles. The second-order valence-electron chi connectivity index (χ2n) is 2.67. The van der Waals surface area contributed by atoms with Crippen molar-refractivity contribution in [2.45, 2.75) is 0 Å². The van der Waals surface area contributed by atoms with Crippen LogP contribution in [0.3, 0.4) is 0 Å². The van der Waals surface area contributed by atoms with Crippen LogP contribution >= 0.6 is 46.4 Å². The summed E-state index contributed by atoms with van der Waals surface area (Å²) >= 11 is 23.6. The molecule has 0 aliphatic heterocycles. The van der Waals surface area contributed by atoms with Crippen molar-refractivity contribution < 1.29 is 0 Å². The minimum atomic E-state index is 0.164. The molecule has 2 aromatic rings. The highest BCUT2D eigenvalue weighted by Gasteiger charge is 2.11. The molecule has 0 saturated carbocycles. The van der Waals surface area contributed by atoms with Gasteiger partial charge in [-0.15, -0.1) is 0 Å². The number of benzene rings is 1. The van der Waals surface area contributed by atoms with Crippen molar-refractivity contribution in [1.29, 1.82) is 0 Å². The maximum Gasteiger partial charge on any atom is 0.150 e. The Bertz CT molecular complexity index is 510. The Hall–Kier alpha value is -0.210. The van der Waals surface area contributed by atoms with Gasteiger partial charge in [-0.2, -0.15) is 0 Å². The minimum Gasteiger partial charge on any atom is -0.222 e. The lowest BCUT2D eigenvalue weighted by molar-refractivity contribution is 1.36. The average Bonchev–Trinajstić information content (AvgIpc) is 2.14. The second kappa shape index (κ2) is 3.74. The van der Waals surface area contributed by atoms with Crippen molar-refractivity contribution in [1.82, 2.24) is 4.98 Å². The molecule has 0 atom stereocenters. The summed E-state index contributed by atoms with van der Waals surface area (Å²) in [5.41, 5.74) is 0. The first-order valence-corrected chi connectivity index (χ1v) is 5.21. The maximum absolute atomic E-state index is 5.98. The first-order chi connectivity index (χ1) is 6.61. The highest BCUT2D eigenvalue weighted by atomic mass is 35.5. The molecule has 0 spiro atoms. The lowest BCUT2D eigenvalue weighted by Crippen LogP contribution is -1.84. The van der Waals surface area contributed by atoms with Crippen LogP contribution in [0.2, 0.25) is 20.4 Å². The van der Waals surface area contributed by atoms with E-state index in [-0.39, 0.29) is 5.15 Å². The Morgan fingerprint density at radius 2 is 1.64 bits per heavy atom. The number of aromatic nitrogens is 1. The lowest BCUT2D eigenvalue weighted by Gasteiger charge is -2.05. The van der Waals surface area contributed by atoms with Crippen molar-refractivity contribution in [3.63, 3.8) is 0 Å². The van der Waals surface area contributed by atoms with Gasteiger partial charge in [-0.1, -0.05) is 58.5 Å². The Kier molecular flexibility index (Phi) is 2.76. The van der Waals surface area contributed by atoms with Crippen LogP contribution in [0.25, 0.3) is 10.8 Å². The molecule has 0 fully saturated rings. The van der Waals surface area contributed by atoms with Gasteiger partial charge in [-0.05, 0) is 6.07 Å². The molecule has 0 aliphatic carbocycles. The van der Waals surface area contributed by atoms with Gasteiger partial charge in [0.15, 0.2) is 0 Å². The van der Waals surface area contributed by atoms with Crippen molar-refractivity contribution in [3.8, 4) is 0 Å². The van der Waals surface area contributed by atoms with Gasteiger partial charge in [0.2, 0.25) is 0 Å². The molecule has 0 radical (unpaired) electrons. The van der Waals surface area contributed by atoms with E-state index in [0.29, 0.717) is 26.0 Å². The number of halogens is 4. The van der Waals surface area contributed by atoms with Crippen LogP contribution in [0, 0.1) is 0 Å². The molecule has 1 nitrogen and oxygen atoms in total. The summed E-state index contributed by atoms with van der Waals surface area (Å²) in [5.74, 6) is 0. The van der Waals surface area contributed by atoms with Crippen LogP contribution in [0.5, 0.6) is 0 Å². The molecule has 0 unspecified atom stereocenters. The number of rotatable bonds is 0. The zero-order valence-corrected chi connectivity index (χ0v) is 9.71. The van der Waals surface area contributed by atoms with Gasteiger partial charge >= 0.3 is 0 Å². The van der Waals surface area contributed by atoms with E-state index in [9.17, 15) is 0 Å². The molecule has 72 valence electrons. The molecule has 5 heteroatoms. The standard InChI is InChI=1S/C9H3Cl4N/c10-5-3-1-2-4-6(5)7(11)9(13)14-8(4)12/h1-3H. The fourth-order valence-electron chi connectivity index (χ4n) is 1.22. The topological polar surface area (TPSA) is 12.9 Å². The summed E-state index contributed by atoms with van der Waals surface area (Å²) in [4.78, 5) is 3.88. The fraction of sp³-hybridized carbons (Fsp3) is 0. The molecule has 1 heterocycles. The predicted molar refractivity (Wildman–Crippen MR) is 61.8 cm³/mol. The van der Waals surface area contributed by atoms with E-state index < -0.39 is 0 Å². The maximum atomic E-state index is 5.98. The quantitative estimate of drug-likeness (QED) is 0.622. The van der Waals surface area contributed by atoms with Crippen molar-refractivity contribution in [2.24, 2.45) is 0 Å². The first-order valence-electron chi connectivity index (χ1n) is 3.70. The normalized spacial score (nSPS) is 10.9. The summed E-state index contributed by atoms with van der Waals surface area (Å²) in [6.07, 6.45) is 0. The molecule has 0 bridgehead atoms. The molecular formula is C9H3Cl4N. The van der Waals surface area contributed by atoms with Crippen LogP contribution < -0.4 is 0 Å². The Balaban J connectivity index is 3.03. The Labute approximate surface area is 101 Å². The smallest absolute Gasteiger partial charge is 0.150 e. The van der Waals surface area contributed by atoms with Gasteiger partial charge in [-0.25, -0.2) is 4.98 Å². The summed E-state index contributed by atoms with van der Waals surface area (Å²) in [5, 5.41) is 2.65. The molecule has 2 rings (SSSR count). The van der Waals surface area contributed by atoms with Gasteiger partial charge in [-0.3, -0.25) is 0 Å². The largest absolute Gasteiger partial charge is 0.222 e. The van der Waals surface area contributed by atoms with Gasteiger partial charge in [0.05, 0.1) is 10.0 Å². The average molecular weight is 267 g/mol. The van der Waals surface area contributed by atoms with Gasteiger partial charge < -0.3 is 0 Å². The van der Waals surface area contributed by atoms with E-state index >= 15 is 0 Å². The van der Waals surface area contributed by atoms with Crippen LogP contribution in [-0.2, 0) is 0 Å². The monoisotopic (exact) mass is 265 g/mol. The number of pyridine rings is 1. The number of hydrogen-bond acceptors (Lipinski definition) is 1. The molecule has 1 aromatic heterocycles. The zero-order valence-electron chi connectivity index (χ0n) is 6.69. The first kappa shape index (κ1) is 10.3. The third-order valence-electron chi connectivity index (χ3n) is 1.83. The van der Waals surface area contributed by atoms with E-state index in [2.05, 4.69) is 4.98 Å². The molecule has 14 heavy (non-hydrogen) atoms. The summed E-state index contributed by atoms with van der Waals surface area (Å²) in [6, 6.07) is 5.30. The van der Waals surface area contributed by atoms with E-state index in [0.717, 1.165) is 0 Å². The minimum absolute atomic E-state index is 0.164. The van der Waals surface area contributed by atoms with Crippen molar-refractivity contribution >= 4 is 57.2 Å². The molecule has 0 N–H and O–H groups in total. The molecular weight excluding hydrogens is 264 g/mol. The second-order valence-corrected chi connectivity index (χ2v) is 4.17. The van der Waals surface area contributed by atoms with E-state index in [1.807, 2.05) is 0 Å². The fourth-order valence-corrected chi connectivity index (χ4v) is 2.25. The van der Waals surface area contributed by atoms with E-state index in [1.54, 1.807) is 18.2 Å². The van der Waals surface area contributed by atoms with Crippen LogP contribution in [0.1, 0.15) is 0 Å². The van der Waals surface area contributed by atoms with E-state index in [4.69, 9.17) is 46.4 Å². The van der Waals surface area contributed by atoms with Crippen LogP contribution in [0.15, 0.2) is 18.2 Å². The van der Waals surface area contributed by atoms with Gasteiger partial charge in [0.25, 0.3) is 0 Å². The Morgan fingerprint density at radius 3 is 2.36 bits per heavy atom. The number of nitrogens with zero attached hydrogens (tertiary/aromatic N) is 1. The molecule has 1 aromatic carbocycles. The van der Waals surface area contributed by atoms with Crippen LogP contribution in [-0.4, -0.2) is 4.98 Å². The Morgan fingerprint density at radius 1 is 0.929 bits per heavy atom. The number of hydrogen-bond donors (Lipinski definition) is 0. The highest BCUT2D eigenvalue weighted by Crippen LogP contribution is 2.37. The van der Waals surface area contributed by atoms with Crippen molar-refractivity contribution in [2.75, 3.05) is 0 Å². The lowest BCUT2D eigenvalue weighted by atomic mass is 10.2. The van der Waals surface area contributed by atoms with E-state index in [1.165, 1.54) is 0 Å². The third-order valence-corrected chi connectivity index (χ3v) is 3.17. The predicted octanol–water partition coefficient (Wildman–Crippen LogP) is 4.85. The highest BCUT2D eigenvalue weighted by molar-refractivity contribution is 6.49. The third kappa shape index (κ3) is 1.55. The van der Waals surface area contributed by atoms with Crippen molar-refractivity contribution in [3.05, 3.63) is 38.6 Å².